The van der Waals surface area contributed by atoms with E-state index in [-0.39, 0.29) is 31.0 Å². The van der Waals surface area contributed by atoms with Crippen LogP contribution >= 0.6 is 0 Å². The fraction of sp³-hybridized carbons (Fsp3) is 0.833. The van der Waals surface area contributed by atoms with Gasteiger partial charge in [0.15, 0.2) is 5.78 Å². The van der Waals surface area contributed by atoms with Gasteiger partial charge >= 0.3 is 5.97 Å². The molecule has 5 heteroatoms. The fourth-order valence-electron chi connectivity index (χ4n) is 1.02. The highest BCUT2D eigenvalue weighted by molar-refractivity contribution is 5.96. The van der Waals surface area contributed by atoms with Crippen LogP contribution in [0, 0.1) is 0 Å². The fourth-order valence-corrected chi connectivity index (χ4v) is 1.02. The van der Waals surface area contributed by atoms with E-state index < -0.39 is 5.97 Å². The monoisotopic (exact) mass is 246 g/mol. The predicted octanol–water partition coefficient (Wildman–Crippen LogP) is 1.34. The van der Waals surface area contributed by atoms with E-state index in [0.717, 1.165) is 0 Å². The van der Waals surface area contributed by atoms with Gasteiger partial charge in [-0.3, -0.25) is 9.59 Å². The van der Waals surface area contributed by atoms with E-state index in [1.165, 1.54) is 0 Å². The molecule has 0 unspecified atom stereocenters. The van der Waals surface area contributed by atoms with Crippen LogP contribution < -0.4 is 0 Å². The zero-order valence-electron chi connectivity index (χ0n) is 11.1. The van der Waals surface area contributed by atoms with E-state index in [4.69, 9.17) is 9.47 Å². The van der Waals surface area contributed by atoms with Gasteiger partial charge < -0.3 is 14.2 Å². The maximum Gasteiger partial charge on any atom is 0.313 e. The van der Waals surface area contributed by atoms with Crippen molar-refractivity contribution in [3.63, 3.8) is 0 Å². The van der Waals surface area contributed by atoms with E-state index in [1.807, 2.05) is 20.8 Å². The molecule has 0 bridgehead atoms. The number of Topliss-reactive ketones (excluding diaryl/α,β-unsaturated/α-hetero) is 1. The van der Waals surface area contributed by atoms with E-state index in [1.54, 1.807) is 6.92 Å². The molecule has 0 aliphatic heterocycles. The second kappa shape index (κ2) is 8.20. The van der Waals surface area contributed by atoms with Gasteiger partial charge in [0.1, 0.15) is 13.0 Å². The smallest absolute Gasteiger partial charge is 0.313 e. The van der Waals surface area contributed by atoms with E-state index in [2.05, 4.69) is 4.74 Å². The first kappa shape index (κ1) is 16.1. The highest BCUT2D eigenvalue weighted by Crippen LogP contribution is 2.05. The maximum atomic E-state index is 11.2. The predicted molar refractivity (Wildman–Crippen MR) is 62.8 cm³/mol. The summed E-state index contributed by atoms with van der Waals surface area (Å²) in [4.78, 5) is 22.2. The molecule has 0 heterocycles. The number of ketones is 1. The molecule has 0 saturated heterocycles. The first-order valence-corrected chi connectivity index (χ1v) is 5.74. The topological polar surface area (TPSA) is 61.8 Å². The molecular weight excluding hydrogens is 224 g/mol. The second-order valence-corrected chi connectivity index (χ2v) is 4.53. The summed E-state index contributed by atoms with van der Waals surface area (Å²) in [5, 5.41) is 0. The van der Waals surface area contributed by atoms with Gasteiger partial charge in [-0.1, -0.05) is 0 Å². The molecule has 5 nitrogen and oxygen atoms in total. The van der Waals surface area contributed by atoms with Crippen molar-refractivity contribution in [2.24, 2.45) is 0 Å². The van der Waals surface area contributed by atoms with Crippen LogP contribution in [0.2, 0.25) is 0 Å². The zero-order chi connectivity index (χ0) is 13.3. The summed E-state index contributed by atoms with van der Waals surface area (Å²) in [6, 6.07) is 0. The number of esters is 1. The standard InChI is InChI=1S/C12H22O5/c1-5-16-11(14)8-10(13)9-15-6-7-17-12(2,3)4/h5-9H2,1-4H3. The Labute approximate surface area is 102 Å². The molecule has 0 spiro atoms. The summed E-state index contributed by atoms with van der Waals surface area (Å²) in [5.74, 6) is -0.786. The summed E-state index contributed by atoms with van der Waals surface area (Å²) in [6.07, 6.45) is -0.228. The van der Waals surface area contributed by atoms with Crippen LogP contribution in [0.5, 0.6) is 0 Å². The van der Waals surface area contributed by atoms with Crippen molar-refractivity contribution in [1.29, 1.82) is 0 Å². The highest BCUT2D eigenvalue weighted by Gasteiger charge is 2.11. The molecule has 0 aromatic carbocycles. The number of rotatable bonds is 8. The van der Waals surface area contributed by atoms with E-state index >= 15 is 0 Å². The van der Waals surface area contributed by atoms with Gasteiger partial charge in [-0.05, 0) is 27.7 Å². The van der Waals surface area contributed by atoms with E-state index in [9.17, 15) is 9.59 Å². The molecule has 0 atom stereocenters. The average molecular weight is 246 g/mol. The minimum atomic E-state index is -0.507. The Morgan fingerprint density at radius 3 is 2.29 bits per heavy atom. The number of hydrogen-bond donors (Lipinski definition) is 0. The lowest BCUT2D eigenvalue weighted by atomic mass is 10.2. The Kier molecular flexibility index (Phi) is 7.74. The third kappa shape index (κ3) is 11.3. The molecule has 0 aromatic rings. The van der Waals surface area contributed by atoms with Crippen molar-refractivity contribution in [1.82, 2.24) is 0 Å². The Balaban J connectivity index is 3.49. The SMILES string of the molecule is CCOC(=O)CC(=O)COCCOC(C)(C)C. The van der Waals surface area contributed by atoms with Crippen LogP contribution in [0.15, 0.2) is 0 Å². The molecule has 0 rings (SSSR count). The van der Waals surface area contributed by atoms with Crippen LogP contribution in [-0.4, -0.2) is 43.8 Å². The van der Waals surface area contributed by atoms with Crippen molar-refractivity contribution in [2.45, 2.75) is 39.7 Å². The molecule has 100 valence electrons. The quantitative estimate of drug-likeness (QED) is 0.367. The Bertz CT molecular complexity index is 242. The van der Waals surface area contributed by atoms with E-state index in [0.29, 0.717) is 13.2 Å². The first-order valence-electron chi connectivity index (χ1n) is 5.74. The molecule has 0 aromatic heterocycles. The van der Waals surface area contributed by atoms with Crippen LogP contribution in [0.3, 0.4) is 0 Å². The minimum absolute atomic E-state index is 0.0771. The summed E-state index contributed by atoms with van der Waals surface area (Å²) in [6.45, 7) is 8.50. The van der Waals surface area contributed by atoms with Crippen molar-refractivity contribution < 1.29 is 23.8 Å². The van der Waals surface area contributed by atoms with Crippen molar-refractivity contribution in [3.05, 3.63) is 0 Å². The van der Waals surface area contributed by atoms with Crippen LogP contribution in [-0.2, 0) is 23.8 Å². The molecule has 0 aliphatic carbocycles. The highest BCUT2D eigenvalue weighted by atomic mass is 16.5. The zero-order valence-corrected chi connectivity index (χ0v) is 11.1. The number of carbonyl (C=O) groups excluding carboxylic acids is 2. The summed E-state index contributed by atoms with van der Waals surface area (Å²) in [5.41, 5.74) is -0.210. The summed E-state index contributed by atoms with van der Waals surface area (Å²) in [7, 11) is 0. The molecule has 0 N–H and O–H groups in total. The van der Waals surface area contributed by atoms with Gasteiger partial charge in [0.05, 0.1) is 25.4 Å². The average Bonchev–Trinajstić information content (AvgIpc) is 2.15. The largest absolute Gasteiger partial charge is 0.466 e. The van der Waals surface area contributed by atoms with Crippen molar-refractivity contribution in [3.8, 4) is 0 Å². The maximum absolute atomic E-state index is 11.2. The lowest BCUT2D eigenvalue weighted by Crippen LogP contribution is -2.23. The first-order chi connectivity index (χ1) is 7.85. The number of ether oxygens (including phenoxy) is 3. The van der Waals surface area contributed by atoms with Gasteiger partial charge in [-0.15, -0.1) is 0 Å². The Morgan fingerprint density at radius 2 is 1.76 bits per heavy atom. The summed E-state index contributed by atoms with van der Waals surface area (Å²) >= 11 is 0. The third-order valence-electron chi connectivity index (χ3n) is 1.67. The molecule has 0 saturated carbocycles. The Morgan fingerprint density at radius 1 is 1.12 bits per heavy atom. The molecule has 0 radical (unpaired) electrons. The normalized spacial score (nSPS) is 11.3. The minimum Gasteiger partial charge on any atom is -0.466 e. The molecule has 17 heavy (non-hydrogen) atoms. The van der Waals surface area contributed by atoms with Gasteiger partial charge in [-0.2, -0.15) is 0 Å². The van der Waals surface area contributed by atoms with Gasteiger partial charge in [0.2, 0.25) is 0 Å². The Hall–Kier alpha value is -0.940. The third-order valence-corrected chi connectivity index (χ3v) is 1.67. The second-order valence-electron chi connectivity index (χ2n) is 4.53. The molecule has 0 amide bonds. The van der Waals surface area contributed by atoms with Crippen molar-refractivity contribution >= 4 is 11.8 Å². The molecular formula is C12H22O5. The van der Waals surface area contributed by atoms with Crippen LogP contribution in [0.25, 0.3) is 0 Å². The van der Waals surface area contributed by atoms with Crippen LogP contribution in [0.1, 0.15) is 34.1 Å². The lowest BCUT2D eigenvalue weighted by molar-refractivity contribution is -0.146. The number of carbonyl (C=O) groups is 2. The van der Waals surface area contributed by atoms with Gasteiger partial charge in [-0.25, -0.2) is 0 Å². The number of hydrogen-bond acceptors (Lipinski definition) is 5. The van der Waals surface area contributed by atoms with Gasteiger partial charge in [0.25, 0.3) is 0 Å². The molecule has 0 fully saturated rings. The molecule has 0 aliphatic rings. The van der Waals surface area contributed by atoms with Gasteiger partial charge in [0, 0.05) is 0 Å². The van der Waals surface area contributed by atoms with Crippen LogP contribution in [0.4, 0.5) is 0 Å². The summed E-state index contributed by atoms with van der Waals surface area (Å²) < 4.78 is 15.1. The van der Waals surface area contributed by atoms with Crippen molar-refractivity contribution in [2.75, 3.05) is 26.4 Å². The lowest BCUT2D eigenvalue weighted by Gasteiger charge is -2.19.